The van der Waals surface area contributed by atoms with Crippen LogP contribution in [0.5, 0.6) is 5.75 Å². The van der Waals surface area contributed by atoms with Crippen molar-refractivity contribution in [3.8, 4) is 5.75 Å². The number of carbonyl (C=O) groups excluding carboxylic acids is 3. The van der Waals surface area contributed by atoms with Gasteiger partial charge in [0.25, 0.3) is 5.91 Å². The van der Waals surface area contributed by atoms with Crippen molar-refractivity contribution >= 4 is 34.8 Å². The molecular weight excluding hydrogens is 519 g/mol. The van der Waals surface area contributed by atoms with E-state index in [1.165, 1.54) is 18.2 Å². The minimum Gasteiger partial charge on any atom is -0.483 e. The van der Waals surface area contributed by atoms with Crippen molar-refractivity contribution in [3.05, 3.63) is 81.4 Å². The SMILES string of the molecule is CC1(C)CC(=O)C2=C(C1)NC1=C(C(=O)CC(C)(C)C1)C2c1cc(Cl)ccc1OCC(=O)Nc1ccccc1F. The smallest absolute Gasteiger partial charge is 0.262 e. The van der Waals surface area contributed by atoms with E-state index in [4.69, 9.17) is 16.3 Å². The van der Waals surface area contributed by atoms with Crippen LogP contribution in [0.25, 0.3) is 0 Å². The first kappa shape index (κ1) is 27.1. The second-order valence-electron chi connectivity index (χ2n) is 12.2. The maximum Gasteiger partial charge on any atom is 0.262 e. The van der Waals surface area contributed by atoms with Crippen LogP contribution in [0.15, 0.2) is 65.0 Å². The first-order valence-electron chi connectivity index (χ1n) is 13.1. The molecule has 5 rings (SSSR count). The lowest BCUT2D eigenvalue weighted by Crippen LogP contribution is -2.42. The predicted molar refractivity (Wildman–Crippen MR) is 148 cm³/mol. The third kappa shape index (κ3) is 5.50. The minimum absolute atomic E-state index is 0.0221. The van der Waals surface area contributed by atoms with Crippen molar-refractivity contribution in [3.63, 3.8) is 0 Å². The highest BCUT2D eigenvalue weighted by Crippen LogP contribution is 2.52. The first-order valence-corrected chi connectivity index (χ1v) is 13.5. The molecule has 2 aromatic carbocycles. The number of Topliss-reactive ketones (excluding diaryl/α,β-unsaturated/α-hetero) is 2. The maximum atomic E-state index is 14.0. The molecule has 2 aliphatic carbocycles. The largest absolute Gasteiger partial charge is 0.483 e. The zero-order chi connectivity index (χ0) is 28.1. The van der Waals surface area contributed by atoms with E-state index in [9.17, 15) is 18.8 Å². The fourth-order valence-electron chi connectivity index (χ4n) is 5.97. The Hall–Kier alpha value is -3.45. The van der Waals surface area contributed by atoms with Crippen LogP contribution in [0.4, 0.5) is 10.1 Å². The molecule has 0 fully saturated rings. The molecule has 39 heavy (non-hydrogen) atoms. The summed E-state index contributed by atoms with van der Waals surface area (Å²) in [4.78, 5) is 39.9. The number of halogens is 2. The Labute approximate surface area is 232 Å². The molecule has 0 aromatic heterocycles. The molecule has 6 nitrogen and oxygen atoms in total. The Balaban J connectivity index is 1.55. The number of allylic oxidation sites excluding steroid dienone is 4. The summed E-state index contributed by atoms with van der Waals surface area (Å²) >= 11 is 6.44. The van der Waals surface area contributed by atoms with Crippen molar-refractivity contribution < 1.29 is 23.5 Å². The van der Waals surface area contributed by atoms with Gasteiger partial charge in [-0.3, -0.25) is 14.4 Å². The Bertz CT molecular complexity index is 1400. The molecule has 3 aliphatic rings. The molecule has 2 N–H and O–H groups in total. The topological polar surface area (TPSA) is 84.5 Å². The van der Waals surface area contributed by atoms with Gasteiger partial charge in [-0.25, -0.2) is 4.39 Å². The summed E-state index contributed by atoms with van der Waals surface area (Å²) in [5.41, 5.74) is 2.94. The molecule has 0 spiro atoms. The number of dihydropyridines is 1. The zero-order valence-corrected chi connectivity index (χ0v) is 23.3. The van der Waals surface area contributed by atoms with E-state index in [2.05, 4.69) is 38.3 Å². The number of amides is 1. The van der Waals surface area contributed by atoms with Gasteiger partial charge < -0.3 is 15.4 Å². The van der Waals surface area contributed by atoms with Crippen LogP contribution in [-0.2, 0) is 14.4 Å². The number of nitrogens with one attached hydrogen (secondary N) is 2. The van der Waals surface area contributed by atoms with Crippen molar-refractivity contribution in [1.82, 2.24) is 5.32 Å². The predicted octanol–water partition coefficient (Wildman–Crippen LogP) is 6.47. The Morgan fingerprint density at radius 1 is 0.974 bits per heavy atom. The van der Waals surface area contributed by atoms with Gasteiger partial charge in [0.15, 0.2) is 18.2 Å². The molecule has 0 saturated heterocycles. The molecule has 1 amide bonds. The summed E-state index contributed by atoms with van der Waals surface area (Å²) in [6, 6.07) is 10.9. The van der Waals surface area contributed by atoms with Gasteiger partial charge in [-0.05, 0) is 54.0 Å². The number of rotatable bonds is 5. The molecule has 0 saturated carbocycles. The van der Waals surface area contributed by atoms with Gasteiger partial charge in [-0.2, -0.15) is 0 Å². The Morgan fingerprint density at radius 2 is 1.56 bits per heavy atom. The van der Waals surface area contributed by atoms with E-state index in [1.807, 2.05) is 0 Å². The first-order chi connectivity index (χ1) is 18.3. The molecule has 0 radical (unpaired) electrons. The summed E-state index contributed by atoms with van der Waals surface area (Å²) in [5, 5.41) is 6.42. The molecule has 204 valence electrons. The fraction of sp³-hybridized carbons (Fsp3) is 0.387. The standard InChI is InChI=1S/C31H32ClFN2O4/c1-30(2)12-21-28(23(36)14-30)27(29-22(34-21)13-31(3,4)15-24(29)37)18-11-17(32)9-10-25(18)39-16-26(38)35-20-8-6-5-7-19(20)33/h5-11,27,34H,12-16H2,1-4H3,(H,35,38). The van der Waals surface area contributed by atoms with Crippen LogP contribution >= 0.6 is 11.6 Å². The van der Waals surface area contributed by atoms with E-state index < -0.39 is 24.2 Å². The highest BCUT2D eigenvalue weighted by Gasteiger charge is 2.47. The van der Waals surface area contributed by atoms with E-state index in [-0.39, 0.29) is 28.1 Å². The normalized spacial score (nSPS) is 20.3. The Kier molecular flexibility index (Phi) is 6.91. The fourth-order valence-corrected chi connectivity index (χ4v) is 6.15. The van der Waals surface area contributed by atoms with Gasteiger partial charge in [-0.1, -0.05) is 51.4 Å². The van der Waals surface area contributed by atoms with Gasteiger partial charge >= 0.3 is 0 Å². The van der Waals surface area contributed by atoms with E-state index in [1.54, 1.807) is 24.3 Å². The minimum atomic E-state index is -0.660. The van der Waals surface area contributed by atoms with Crippen LogP contribution in [0.2, 0.25) is 5.02 Å². The summed E-state index contributed by atoms with van der Waals surface area (Å²) < 4.78 is 20.0. The monoisotopic (exact) mass is 550 g/mol. The number of ether oxygens (including phenoxy) is 1. The zero-order valence-electron chi connectivity index (χ0n) is 22.5. The van der Waals surface area contributed by atoms with Gasteiger partial charge in [0.05, 0.1) is 5.69 Å². The molecule has 1 aliphatic heterocycles. The lowest BCUT2D eigenvalue weighted by atomic mass is 9.64. The van der Waals surface area contributed by atoms with Crippen LogP contribution in [0.3, 0.4) is 0 Å². The third-order valence-electron chi connectivity index (χ3n) is 7.51. The number of para-hydroxylation sites is 1. The summed E-state index contributed by atoms with van der Waals surface area (Å²) in [6.07, 6.45) is 2.04. The highest BCUT2D eigenvalue weighted by atomic mass is 35.5. The summed E-state index contributed by atoms with van der Waals surface area (Å²) in [5.74, 6) is -1.46. The van der Waals surface area contributed by atoms with Crippen LogP contribution < -0.4 is 15.4 Å². The number of carbonyl (C=O) groups is 3. The second-order valence-corrected chi connectivity index (χ2v) is 12.7. The average Bonchev–Trinajstić information content (AvgIpc) is 2.82. The van der Waals surface area contributed by atoms with Gasteiger partial charge in [-0.15, -0.1) is 0 Å². The quantitative estimate of drug-likeness (QED) is 0.446. The lowest BCUT2D eigenvalue weighted by Gasteiger charge is -2.44. The molecular formula is C31H32ClFN2O4. The number of benzene rings is 2. The van der Waals surface area contributed by atoms with Crippen LogP contribution in [0, 0.1) is 16.6 Å². The number of anilines is 1. The lowest BCUT2D eigenvalue weighted by molar-refractivity contribution is -0.120. The second kappa shape index (κ2) is 9.94. The highest BCUT2D eigenvalue weighted by molar-refractivity contribution is 6.30. The average molecular weight is 551 g/mol. The van der Waals surface area contributed by atoms with Crippen molar-refractivity contribution in [1.29, 1.82) is 0 Å². The summed E-state index contributed by atoms with van der Waals surface area (Å²) in [6.45, 7) is 7.86. The third-order valence-corrected chi connectivity index (χ3v) is 7.74. The van der Waals surface area contributed by atoms with Crippen LogP contribution in [0.1, 0.15) is 64.9 Å². The van der Waals surface area contributed by atoms with Gasteiger partial charge in [0.1, 0.15) is 11.6 Å². The Morgan fingerprint density at radius 3 is 2.15 bits per heavy atom. The van der Waals surface area contributed by atoms with Crippen molar-refractivity contribution in [2.45, 2.75) is 59.3 Å². The van der Waals surface area contributed by atoms with Crippen LogP contribution in [-0.4, -0.2) is 24.1 Å². The molecule has 0 unspecified atom stereocenters. The maximum absolute atomic E-state index is 14.0. The number of hydrogen-bond acceptors (Lipinski definition) is 5. The molecule has 2 aromatic rings. The van der Waals surface area contributed by atoms with Gasteiger partial charge in [0.2, 0.25) is 0 Å². The van der Waals surface area contributed by atoms with Crippen molar-refractivity contribution in [2.75, 3.05) is 11.9 Å². The van der Waals surface area contributed by atoms with E-state index in [0.29, 0.717) is 53.2 Å². The summed E-state index contributed by atoms with van der Waals surface area (Å²) in [7, 11) is 0. The molecule has 0 bridgehead atoms. The van der Waals surface area contributed by atoms with E-state index in [0.717, 1.165) is 11.4 Å². The number of hydrogen-bond donors (Lipinski definition) is 2. The molecule has 0 atom stereocenters. The van der Waals surface area contributed by atoms with E-state index >= 15 is 0 Å². The number of ketones is 2. The molecule has 1 heterocycles. The molecule has 8 heteroatoms. The van der Waals surface area contributed by atoms with Crippen molar-refractivity contribution in [2.24, 2.45) is 10.8 Å². The van der Waals surface area contributed by atoms with Gasteiger partial charge in [0, 0.05) is 51.9 Å².